The molecule has 8 heteroatoms. The number of hydrogen-bond acceptors (Lipinski definition) is 6. The van der Waals surface area contributed by atoms with E-state index in [-0.39, 0.29) is 0 Å². The number of imidazole rings is 1. The van der Waals surface area contributed by atoms with Crippen molar-refractivity contribution in [2.24, 2.45) is 0 Å². The molecule has 5 nitrogen and oxygen atoms in total. The van der Waals surface area contributed by atoms with Crippen molar-refractivity contribution in [2.45, 2.75) is 10.9 Å². The fourth-order valence-electron chi connectivity index (χ4n) is 2.16. The number of thioether (sulfide) groups is 1. The minimum absolute atomic E-state index is 0.552. The van der Waals surface area contributed by atoms with E-state index in [4.69, 9.17) is 16.1 Å². The molecular weight excluding hydrogens is 364 g/mol. The Morgan fingerprint density at radius 3 is 3.04 bits per heavy atom. The molecule has 4 rings (SSSR count). The van der Waals surface area contributed by atoms with E-state index in [2.05, 4.69) is 15.1 Å². The Kier molecular flexibility index (Phi) is 4.38. The third-order valence-electron chi connectivity index (χ3n) is 3.23. The van der Waals surface area contributed by atoms with Crippen molar-refractivity contribution in [1.29, 1.82) is 0 Å². The van der Waals surface area contributed by atoms with Crippen LogP contribution >= 0.6 is 34.7 Å². The quantitative estimate of drug-likeness (QED) is 0.463. The van der Waals surface area contributed by atoms with Crippen molar-refractivity contribution in [1.82, 2.24) is 19.7 Å². The van der Waals surface area contributed by atoms with Gasteiger partial charge in [-0.25, -0.2) is 4.98 Å². The second-order valence-corrected chi connectivity index (χ2v) is 7.16. The third-order valence-corrected chi connectivity index (χ3v) is 5.28. The Balaban J connectivity index is 1.50. The van der Waals surface area contributed by atoms with E-state index in [1.165, 1.54) is 11.8 Å². The molecule has 0 amide bonds. The van der Waals surface area contributed by atoms with E-state index in [0.717, 1.165) is 15.7 Å². The summed E-state index contributed by atoms with van der Waals surface area (Å²) in [5.74, 6) is 1.75. The van der Waals surface area contributed by atoms with E-state index in [9.17, 15) is 0 Å². The Morgan fingerprint density at radius 2 is 2.21 bits per heavy atom. The number of rotatable bonds is 5. The summed E-state index contributed by atoms with van der Waals surface area (Å²) < 4.78 is 7.30. The van der Waals surface area contributed by atoms with E-state index < -0.39 is 0 Å². The van der Waals surface area contributed by atoms with Gasteiger partial charge in [0.25, 0.3) is 0 Å². The number of halogens is 1. The monoisotopic (exact) mass is 374 g/mol. The summed E-state index contributed by atoms with van der Waals surface area (Å²) in [6.45, 7) is 0. The van der Waals surface area contributed by atoms with E-state index in [1.54, 1.807) is 17.5 Å². The Bertz CT molecular complexity index is 949. The molecule has 0 saturated heterocycles. The van der Waals surface area contributed by atoms with E-state index >= 15 is 0 Å². The van der Waals surface area contributed by atoms with Crippen LogP contribution in [-0.4, -0.2) is 19.7 Å². The van der Waals surface area contributed by atoms with Gasteiger partial charge in [-0.15, -0.1) is 11.3 Å². The Morgan fingerprint density at radius 1 is 1.25 bits per heavy atom. The summed E-state index contributed by atoms with van der Waals surface area (Å²) in [6, 6.07) is 11.6. The molecule has 1 aromatic carbocycles. The molecule has 0 N–H and O–H groups in total. The van der Waals surface area contributed by atoms with Gasteiger partial charge in [0, 0.05) is 23.1 Å². The summed E-state index contributed by atoms with van der Waals surface area (Å²) in [6.07, 6.45) is 3.66. The number of thiophene rings is 1. The molecule has 3 heterocycles. The van der Waals surface area contributed by atoms with Gasteiger partial charge in [-0.3, -0.25) is 4.57 Å². The van der Waals surface area contributed by atoms with Gasteiger partial charge in [0.1, 0.15) is 0 Å². The smallest absolute Gasteiger partial charge is 0.237 e. The summed E-state index contributed by atoms with van der Waals surface area (Å²) in [7, 11) is 0. The van der Waals surface area contributed by atoms with E-state index in [0.29, 0.717) is 22.5 Å². The molecule has 0 fully saturated rings. The van der Waals surface area contributed by atoms with Crippen molar-refractivity contribution < 1.29 is 4.52 Å². The first-order valence-electron chi connectivity index (χ1n) is 7.08. The molecule has 0 bridgehead atoms. The highest BCUT2D eigenvalue weighted by Gasteiger charge is 2.12. The van der Waals surface area contributed by atoms with Crippen LogP contribution in [0, 0.1) is 0 Å². The van der Waals surface area contributed by atoms with Gasteiger partial charge in [0.2, 0.25) is 11.7 Å². The molecule has 0 aliphatic carbocycles. The average molecular weight is 375 g/mol. The van der Waals surface area contributed by atoms with Crippen LogP contribution in [0.2, 0.25) is 5.02 Å². The number of aromatic nitrogens is 4. The Labute approximate surface area is 151 Å². The van der Waals surface area contributed by atoms with Gasteiger partial charge in [-0.05, 0) is 29.6 Å². The first kappa shape index (κ1) is 15.4. The van der Waals surface area contributed by atoms with Crippen LogP contribution in [0.3, 0.4) is 0 Å². The maximum atomic E-state index is 6.07. The highest BCUT2D eigenvalue weighted by molar-refractivity contribution is 7.98. The van der Waals surface area contributed by atoms with Crippen LogP contribution in [0.1, 0.15) is 5.89 Å². The number of benzene rings is 1. The third kappa shape index (κ3) is 3.24. The first-order valence-corrected chi connectivity index (χ1v) is 9.32. The molecule has 0 saturated carbocycles. The van der Waals surface area contributed by atoms with Gasteiger partial charge in [-0.2, -0.15) is 4.98 Å². The summed E-state index contributed by atoms with van der Waals surface area (Å²) in [5.41, 5.74) is 0.965. The van der Waals surface area contributed by atoms with Crippen LogP contribution in [0.4, 0.5) is 0 Å². The lowest BCUT2D eigenvalue weighted by Crippen LogP contribution is -1.95. The predicted molar refractivity (Wildman–Crippen MR) is 95.7 cm³/mol. The second-order valence-electron chi connectivity index (χ2n) is 4.84. The summed E-state index contributed by atoms with van der Waals surface area (Å²) in [5, 5.41) is 7.54. The molecule has 0 atom stereocenters. The molecule has 4 aromatic rings. The summed E-state index contributed by atoms with van der Waals surface area (Å²) in [4.78, 5) is 9.81. The van der Waals surface area contributed by atoms with Crippen LogP contribution in [0.25, 0.3) is 16.4 Å². The van der Waals surface area contributed by atoms with Crippen molar-refractivity contribution in [3.05, 3.63) is 65.1 Å². The fraction of sp³-hybridized carbons (Fsp3) is 0.0625. The summed E-state index contributed by atoms with van der Waals surface area (Å²) >= 11 is 9.19. The molecule has 0 aliphatic rings. The lowest BCUT2D eigenvalue weighted by atomic mass is 10.3. The molecule has 0 radical (unpaired) electrons. The zero-order chi connectivity index (χ0) is 16.4. The second kappa shape index (κ2) is 6.80. The molecule has 24 heavy (non-hydrogen) atoms. The average Bonchev–Trinajstić information content (AvgIpc) is 3.33. The molecular formula is C16H11ClN4OS2. The molecule has 0 unspecified atom stereocenters. The van der Waals surface area contributed by atoms with Gasteiger partial charge in [0.05, 0.1) is 10.6 Å². The van der Waals surface area contributed by atoms with Gasteiger partial charge in [-0.1, -0.05) is 40.7 Å². The van der Waals surface area contributed by atoms with Crippen molar-refractivity contribution in [3.8, 4) is 16.4 Å². The van der Waals surface area contributed by atoms with Crippen molar-refractivity contribution >= 4 is 34.7 Å². The normalized spacial score (nSPS) is 11.0. The lowest BCUT2D eigenvalue weighted by Gasteiger charge is -2.06. The maximum absolute atomic E-state index is 6.07. The number of hydrogen-bond donors (Lipinski definition) is 0. The molecule has 0 spiro atoms. The van der Waals surface area contributed by atoms with Crippen LogP contribution in [0.5, 0.6) is 0 Å². The fourth-order valence-corrected chi connectivity index (χ4v) is 3.81. The first-order chi connectivity index (χ1) is 11.8. The lowest BCUT2D eigenvalue weighted by molar-refractivity contribution is 0.391. The van der Waals surface area contributed by atoms with E-state index in [1.807, 2.05) is 52.5 Å². The van der Waals surface area contributed by atoms with Gasteiger partial charge < -0.3 is 4.52 Å². The van der Waals surface area contributed by atoms with Crippen LogP contribution < -0.4 is 0 Å². The molecule has 120 valence electrons. The number of nitrogens with zero attached hydrogens (tertiary/aromatic N) is 4. The van der Waals surface area contributed by atoms with Crippen molar-refractivity contribution in [3.63, 3.8) is 0 Å². The minimum atomic E-state index is 0.552. The minimum Gasteiger partial charge on any atom is -0.338 e. The van der Waals surface area contributed by atoms with Crippen LogP contribution in [0.15, 0.2) is 63.9 Å². The van der Waals surface area contributed by atoms with Gasteiger partial charge >= 0.3 is 0 Å². The zero-order valence-electron chi connectivity index (χ0n) is 12.3. The SMILES string of the molecule is Clc1cccc(-n2ccnc2SCc2nc(-c3cccs3)no2)c1. The zero-order valence-corrected chi connectivity index (χ0v) is 14.7. The standard InChI is InChI=1S/C16H11ClN4OS2/c17-11-3-1-4-12(9-11)21-7-6-18-16(21)24-10-14-19-15(20-22-14)13-5-2-8-23-13/h1-9H,10H2. The van der Waals surface area contributed by atoms with Gasteiger partial charge in [0.15, 0.2) is 5.16 Å². The van der Waals surface area contributed by atoms with Crippen LogP contribution in [-0.2, 0) is 5.75 Å². The topological polar surface area (TPSA) is 56.7 Å². The largest absolute Gasteiger partial charge is 0.338 e. The highest BCUT2D eigenvalue weighted by atomic mass is 35.5. The van der Waals surface area contributed by atoms with Crippen molar-refractivity contribution in [2.75, 3.05) is 0 Å². The Hall–Kier alpha value is -2.09. The predicted octanol–water partition coefficient (Wildman–Crippen LogP) is 4.93. The highest BCUT2D eigenvalue weighted by Crippen LogP contribution is 2.26. The maximum Gasteiger partial charge on any atom is 0.237 e. The molecule has 3 aromatic heterocycles. The molecule has 0 aliphatic heterocycles.